The first-order valence-electron chi connectivity index (χ1n) is 7.18. The second-order valence-corrected chi connectivity index (χ2v) is 6.06. The zero-order valence-corrected chi connectivity index (χ0v) is 13.9. The third-order valence-electron chi connectivity index (χ3n) is 3.16. The highest BCUT2D eigenvalue weighted by molar-refractivity contribution is 9.10. The Morgan fingerprint density at radius 1 is 1.26 bits per heavy atom. The zero-order chi connectivity index (χ0) is 14.1. The lowest BCUT2D eigenvalue weighted by Crippen LogP contribution is -2.30. The van der Waals surface area contributed by atoms with Crippen LogP contribution >= 0.6 is 15.9 Å². The molecule has 0 heterocycles. The van der Waals surface area contributed by atoms with Crippen molar-refractivity contribution >= 4 is 15.9 Å². The second kappa shape index (κ2) is 9.51. The smallest absolute Gasteiger partial charge is 0.0469 e. The van der Waals surface area contributed by atoms with Crippen molar-refractivity contribution in [1.82, 2.24) is 5.32 Å². The fourth-order valence-corrected chi connectivity index (χ4v) is 2.49. The van der Waals surface area contributed by atoms with E-state index in [0.717, 1.165) is 32.6 Å². The van der Waals surface area contributed by atoms with Gasteiger partial charge < -0.3 is 10.1 Å². The fraction of sp³-hybridized carbons (Fsp3) is 0.625. The van der Waals surface area contributed by atoms with Gasteiger partial charge in [-0.2, -0.15) is 0 Å². The molecule has 2 nitrogen and oxygen atoms in total. The molecule has 108 valence electrons. The lowest BCUT2D eigenvalue weighted by molar-refractivity contribution is 0.131. The van der Waals surface area contributed by atoms with Crippen LogP contribution in [0.2, 0.25) is 0 Å². The Morgan fingerprint density at radius 3 is 2.63 bits per heavy atom. The molecule has 1 atom stereocenters. The molecule has 1 rings (SSSR count). The molecule has 0 saturated heterocycles. The molecule has 0 amide bonds. The summed E-state index contributed by atoms with van der Waals surface area (Å²) in [6, 6.07) is 9.02. The maximum atomic E-state index is 5.50. The summed E-state index contributed by atoms with van der Waals surface area (Å²) in [7, 11) is 0. The van der Waals surface area contributed by atoms with Gasteiger partial charge in [0.1, 0.15) is 0 Å². The van der Waals surface area contributed by atoms with Crippen molar-refractivity contribution in [2.75, 3.05) is 19.8 Å². The molecule has 1 N–H and O–H groups in total. The minimum absolute atomic E-state index is 0.536. The van der Waals surface area contributed by atoms with Crippen molar-refractivity contribution in [2.45, 2.75) is 39.7 Å². The molecule has 1 aromatic carbocycles. The molecule has 0 aromatic heterocycles. The van der Waals surface area contributed by atoms with Crippen molar-refractivity contribution < 1.29 is 4.74 Å². The van der Waals surface area contributed by atoms with E-state index < -0.39 is 0 Å². The fourth-order valence-electron chi connectivity index (χ4n) is 2.05. The van der Waals surface area contributed by atoms with Crippen molar-refractivity contribution in [3.8, 4) is 0 Å². The summed E-state index contributed by atoms with van der Waals surface area (Å²) in [4.78, 5) is 0. The SMILES string of the molecule is CCOCCC(CNC(C)C)Cc1ccccc1Br. The van der Waals surface area contributed by atoms with Crippen LogP contribution in [0.3, 0.4) is 0 Å². The van der Waals surface area contributed by atoms with Gasteiger partial charge in [-0.1, -0.05) is 48.0 Å². The lowest BCUT2D eigenvalue weighted by Gasteiger charge is -2.20. The molecule has 0 spiro atoms. The van der Waals surface area contributed by atoms with Gasteiger partial charge in [0.15, 0.2) is 0 Å². The Kier molecular flexibility index (Phi) is 8.35. The highest BCUT2D eigenvalue weighted by Gasteiger charge is 2.12. The number of hydrogen-bond donors (Lipinski definition) is 1. The van der Waals surface area contributed by atoms with Crippen LogP contribution in [0.4, 0.5) is 0 Å². The number of rotatable bonds is 9. The van der Waals surface area contributed by atoms with Crippen LogP contribution in [0.1, 0.15) is 32.8 Å². The van der Waals surface area contributed by atoms with Gasteiger partial charge >= 0.3 is 0 Å². The Morgan fingerprint density at radius 2 is 2.00 bits per heavy atom. The molecule has 0 aliphatic rings. The van der Waals surface area contributed by atoms with Crippen molar-refractivity contribution in [2.24, 2.45) is 5.92 Å². The Labute approximate surface area is 126 Å². The average Bonchev–Trinajstić information content (AvgIpc) is 2.38. The lowest BCUT2D eigenvalue weighted by atomic mass is 9.96. The van der Waals surface area contributed by atoms with Gasteiger partial charge in [0.05, 0.1) is 0 Å². The Balaban J connectivity index is 2.54. The van der Waals surface area contributed by atoms with E-state index in [1.807, 2.05) is 0 Å². The van der Waals surface area contributed by atoms with Crippen LogP contribution < -0.4 is 5.32 Å². The standard InChI is InChI=1S/C16H26BrNO/c1-4-19-10-9-14(12-18-13(2)3)11-15-7-5-6-8-16(15)17/h5-8,13-14,18H,4,9-12H2,1-3H3. The van der Waals surface area contributed by atoms with Crippen molar-refractivity contribution in [3.63, 3.8) is 0 Å². The van der Waals surface area contributed by atoms with E-state index in [-0.39, 0.29) is 0 Å². The van der Waals surface area contributed by atoms with Gasteiger partial charge in [-0.15, -0.1) is 0 Å². The maximum Gasteiger partial charge on any atom is 0.0469 e. The predicted molar refractivity (Wildman–Crippen MR) is 85.6 cm³/mol. The van der Waals surface area contributed by atoms with E-state index >= 15 is 0 Å². The first-order chi connectivity index (χ1) is 9.13. The monoisotopic (exact) mass is 327 g/mol. The molecule has 3 heteroatoms. The summed E-state index contributed by atoms with van der Waals surface area (Å²) in [5.74, 6) is 0.618. The molecule has 0 saturated carbocycles. The minimum atomic E-state index is 0.536. The highest BCUT2D eigenvalue weighted by atomic mass is 79.9. The van der Waals surface area contributed by atoms with Crippen LogP contribution in [0.5, 0.6) is 0 Å². The quantitative estimate of drug-likeness (QED) is 0.691. The predicted octanol–water partition coefficient (Wildman–Crippen LogP) is 4.03. The van der Waals surface area contributed by atoms with Gasteiger partial charge in [0.2, 0.25) is 0 Å². The van der Waals surface area contributed by atoms with E-state index in [4.69, 9.17) is 4.74 Å². The summed E-state index contributed by atoms with van der Waals surface area (Å²) in [5.41, 5.74) is 1.38. The van der Waals surface area contributed by atoms with Gasteiger partial charge in [0.25, 0.3) is 0 Å². The van der Waals surface area contributed by atoms with Gasteiger partial charge in [0, 0.05) is 23.7 Å². The molecule has 19 heavy (non-hydrogen) atoms. The molecular weight excluding hydrogens is 302 g/mol. The normalized spacial score (nSPS) is 12.9. The molecule has 0 fully saturated rings. The summed E-state index contributed by atoms with van der Waals surface area (Å²) >= 11 is 3.64. The Bertz CT molecular complexity index is 354. The van der Waals surface area contributed by atoms with E-state index in [9.17, 15) is 0 Å². The third-order valence-corrected chi connectivity index (χ3v) is 3.93. The van der Waals surface area contributed by atoms with E-state index in [1.54, 1.807) is 0 Å². The van der Waals surface area contributed by atoms with Crippen LogP contribution in [0, 0.1) is 5.92 Å². The first-order valence-corrected chi connectivity index (χ1v) is 7.97. The topological polar surface area (TPSA) is 21.3 Å². The summed E-state index contributed by atoms with van der Waals surface area (Å²) < 4.78 is 6.71. The van der Waals surface area contributed by atoms with Crippen LogP contribution in [-0.4, -0.2) is 25.8 Å². The maximum absolute atomic E-state index is 5.50. The van der Waals surface area contributed by atoms with Crippen molar-refractivity contribution in [1.29, 1.82) is 0 Å². The van der Waals surface area contributed by atoms with Crippen molar-refractivity contribution in [3.05, 3.63) is 34.3 Å². The van der Waals surface area contributed by atoms with Crippen LogP contribution in [-0.2, 0) is 11.2 Å². The number of benzene rings is 1. The van der Waals surface area contributed by atoms with Gasteiger partial charge in [-0.3, -0.25) is 0 Å². The van der Waals surface area contributed by atoms with E-state index in [0.29, 0.717) is 12.0 Å². The van der Waals surface area contributed by atoms with Gasteiger partial charge in [-0.05, 0) is 43.9 Å². The Hall–Kier alpha value is -0.380. The summed E-state index contributed by atoms with van der Waals surface area (Å²) in [6.07, 6.45) is 2.20. The van der Waals surface area contributed by atoms with Gasteiger partial charge in [-0.25, -0.2) is 0 Å². The second-order valence-electron chi connectivity index (χ2n) is 5.21. The molecule has 0 bridgehead atoms. The average molecular weight is 328 g/mol. The highest BCUT2D eigenvalue weighted by Crippen LogP contribution is 2.21. The van der Waals surface area contributed by atoms with Crippen LogP contribution in [0.25, 0.3) is 0 Å². The van der Waals surface area contributed by atoms with Crippen LogP contribution in [0.15, 0.2) is 28.7 Å². The number of ether oxygens (including phenoxy) is 1. The molecule has 1 aromatic rings. The molecule has 0 radical (unpaired) electrons. The summed E-state index contributed by atoms with van der Waals surface area (Å²) in [5, 5.41) is 3.54. The third kappa shape index (κ3) is 7.09. The molecule has 0 aliphatic carbocycles. The summed E-state index contributed by atoms with van der Waals surface area (Å²) in [6.45, 7) is 9.14. The first kappa shape index (κ1) is 16.7. The zero-order valence-electron chi connectivity index (χ0n) is 12.3. The molecule has 1 unspecified atom stereocenters. The number of nitrogens with one attached hydrogen (secondary N) is 1. The molecule has 0 aliphatic heterocycles. The molecular formula is C16H26BrNO. The number of hydrogen-bond acceptors (Lipinski definition) is 2. The number of halogens is 1. The van der Waals surface area contributed by atoms with E-state index in [2.05, 4.69) is 66.3 Å². The largest absolute Gasteiger partial charge is 0.382 e. The minimum Gasteiger partial charge on any atom is -0.382 e. The van der Waals surface area contributed by atoms with E-state index in [1.165, 1.54) is 10.0 Å².